The minimum Gasteiger partial charge on any atom is -0.382 e. The van der Waals surface area contributed by atoms with Gasteiger partial charge in [0.15, 0.2) is 5.13 Å². The Morgan fingerprint density at radius 1 is 1.16 bits per heavy atom. The van der Waals surface area contributed by atoms with Crippen molar-refractivity contribution >= 4 is 39.4 Å². The molecular formula is C17H14N4O3S. The van der Waals surface area contributed by atoms with Gasteiger partial charge in [-0.25, -0.2) is 4.98 Å². The second-order valence-corrected chi connectivity index (χ2v) is 6.36. The summed E-state index contributed by atoms with van der Waals surface area (Å²) in [5, 5.41) is 14.3. The highest BCUT2D eigenvalue weighted by Gasteiger charge is 2.19. The number of ketones is 1. The third-order valence-electron chi connectivity index (χ3n) is 3.50. The van der Waals surface area contributed by atoms with E-state index in [0.717, 1.165) is 22.6 Å². The zero-order valence-electron chi connectivity index (χ0n) is 13.2. The van der Waals surface area contributed by atoms with Gasteiger partial charge in [-0.05, 0) is 31.2 Å². The Morgan fingerprint density at radius 2 is 1.80 bits per heavy atom. The van der Waals surface area contributed by atoms with Crippen LogP contribution in [0.1, 0.15) is 20.8 Å². The van der Waals surface area contributed by atoms with Crippen LogP contribution < -0.4 is 11.1 Å². The van der Waals surface area contributed by atoms with Crippen LogP contribution in [-0.2, 0) is 0 Å². The van der Waals surface area contributed by atoms with Crippen molar-refractivity contribution in [2.75, 3.05) is 11.1 Å². The Bertz CT molecular complexity index is 934. The van der Waals surface area contributed by atoms with Crippen LogP contribution in [0.15, 0.2) is 48.5 Å². The summed E-state index contributed by atoms with van der Waals surface area (Å²) in [4.78, 5) is 27.2. The van der Waals surface area contributed by atoms with Gasteiger partial charge in [0.2, 0.25) is 5.78 Å². The molecule has 1 aromatic heterocycles. The van der Waals surface area contributed by atoms with Crippen LogP contribution in [-0.4, -0.2) is 15.7 Å². The van der Waals surface area contributed by atoms with E-state index in [4.69, 9.17) is 5.73 Å². The molecule has 2 aromatic carbocycles. The number of carbonyl (C=O) groups excluding carboxylic acids is 1. The predicted octanol–water partition coefficient (Wildman–Crippen LogP) is 3.92. The molecule has 3 N–H and O–H groups in total. The van der Waals surface area contributed by atoms with Gasteiger partial charge in [0.05, 0.1) is 4.92 Å². The van der Waals surface area contributed by atoms with E-state index in [1.165, 1.54) is 24.3 Å². The number of nitro groups is 1. The van der Waals surface area contributed by atoms with Gasteiger partial charge in [-0.1, -0.05) is 29.0 Å². The van der Waals surface area contributed by atoms with Crippen molar-refractivity contribution in [3.8, 4) is 0 Å². The first-order valence-electron chi connectivity index (χ1n) is 7.33. The maximum Gasteiger partial charge on any atom is 0.269 e. The van der Waals surface area contributed by atoms with E-state index < -0.39 is 4.92 Å². The topological polar surface area (TPSA) is 111 Å². The molecular weight excluding hydrogens is 340 g/mol. The average molecular weight is 354 g/mol. The van der Waals surface area contributed by atoms with E-state index in [9.17, 15) is 14.9 Å². The van der Waals surface area contributed by atoms with Crippen molar-refractivity contribution < 1.29 is 9.72 Å². The molecule has 1 heterocycles. The van der Waals surface area contributed by atoms with Gasteiger partial charge < -0.3 is 11.1 Å². The van der Waals surface area contributed by atoms with Crippen molar-refractivity contribution in [2.24, 2.45) is 0 Å². The number of nitrogens with zero attached hydrogens (tertiary/aromatic N) is 2. The van der Waals surface area contributed by atoms with Gasteiger partial charge in [0.1, 0.15) is 10.7 Å². The molecule has 0 unspecified atom stereocenters. The fraction of sp³-hybridized carbons (Fsp3) is 0.0588. The van der Waals surface area contributed by atoms with Gasteiger partial charge in [-0.3, -0.25) is 14.9 Å². The number of aromatic nitrogens is 1. The van der Waals surface area contributed by atoms with E-state index >= 15 is 0 Å². The summed E-state index contributed by atoms with van der Waals surface area (Å²) in [5.41, 5.74) is 8.09. The van der Waals surface area contributed by atoms with E-state index in [1.807, 2.05) is 31.2 Å². The Labute approximate surface area is 147 Å². The third kappa shape index (κ3) is 3.64. The van der Waals surface area contributed by atoms with Crippen LogP contribution >= 0.6 is 11.3 Å². The summed E-state index contributed by atoms with van der Waals surface area (Å²) in [6, 6.07) is 13.1. The number of anilines is 3. The first-order chi connectivity index (χ1) is 11.9. The number of hydrogen-bond acceptors (Lipinski definition) is 7. The van der Waals surface area contributed by atoms with Gasteiger partial charge in [-0.15, -0.1) is 0 Å². The highest BCUT2D eigenvalue weighted by atomic mass is 32.1. The number of non-ortho nitro benzene ring substituents is 1. The van der Waals surface area contributed by atoms with Gasteiger partial charge >= 0.3 is 0 Å². The molecule has 0 fully saturated rings. The van der Waals surface area contributed by atoms with Gasteiger partial charge in [0, 0.05) is 23.4 Å². The molecule has 0 radical (unpaired) electrons. The lowest BCUT2D eigenvalue weighted by Crippen LogP contribution is -2.02. The number of nitrogens with two attached hydrogens (primary N) is 1. The number of hydrogen-bond donors (Lipinski definition) is 2. The smallest absolute Gasteiger partial charge is 0.269 e. The quantitative estimate of drug-likeness (QED) is 0.408. The third-order valence-corrected chi connectivity index (χ3v) is 4.49. The molecule has 0 bridgehead atoms. The highest BCUT2D eigenvalue weighted by Crippen LogP contribution is 2.30. The summed E-state index contributed by atoms with van der Waals surface area (Å²) in [6.45, 7) is 1.99. The van der Waals surface area contributed by atoms with Gasteiger partial charge in [0.25, 0.3) is 5.69 Å². The normalized spacial score (nSPS) is 10.4. The van der Waals surface area contributed by atoms with Crippen LogP contribution in [0, 0.1) is 17.0 Å². The number of aryl methyl sites for hydroxylation is 1. The van der Waals surface area contributed by atoms with Crippen molar-refractivity contribution in [1.29, 1.82) is 0 Å². The maximum atomic E-state index is 12.6. The number of nitro benzene ring substituents is 1. The number of nitrogens with one attached hydrogen (secondary N) is 1. The van der Waals surface area contributed by atoms with Crippen LogP contribution in [0.2, 0.25) is 0 Å². The predicted molar refractivity (Wildman–Crippen MR) is 97.5 cm³/mol. The Morgan fingerprint density at radius 3 is 2.40 bits per heavy atom. The molecule has 25 heavy (non-hydrogen) atoms. The van der Waals surface area contributed by atoms with Crippen molar-refractivity contribution in [2.45, 2.75) is 6.92 Å². The number of thiazole rings is 1. The van der Waals surface area contributed by atoms with Crippen molar-refractivity contribution in [3.05, 3.63) is 74.6 Å². The largest absolute Gasteiger partial charge is 0.382 e. The molecule has 7 nitrogen and oxygen atoms in total. The fourth-order valence-corrected chi connectivity index (χ4v) is 3.04. The Kier molecular flexibility index (Phi) is 4.44. The van der Waals surface area contributed by atoms with Crippen molar-refractivity contribution in [3.63, 3.8) is 0 Å². The maximum absolute atomic E-state index is 12.6. The molecule has 0 saturated carbocycles. The van der Waals surface area contributed by atoms with E-state index in [2.05, 4.69) is 10.3 Å². The fourth-order valence-electron chi connectivity index (χ4n) is 2.17. The van der Waals surface area contributed by atoms with Crippen LogP contribution in [0.4, 0.5) is 22.3 Å². The lowest BCUT2D eigenvalue weighted by atomic mass is 10.1. The van der Waals surface area contributed by atoms with E-state index in [1.54, 1.807) is 0 Å². The Balaban J connectivity index is 1.82. The van der Waals surface area contributed by atoms with Crippen molar-refractivity contribution in [1.82, 2.24) is 4.98 Å². The van der Waals surface area contributed by atoms with E-state index in [0.29, 0.717) is 15.6 Å². The van der Waals surface area contributed by atoms with Crippen LogP contribution in [0.3, 0.4) is 0 Å². The molecule has 0 saturated heterocycles. The van der Waals surface area contributed by atoms with Gasteiger partial charge in [-0.2, -0.15) is 0 Å². The number of carbonyl (C=O) groups is 1. The molecule has 0 atom stereocenters. The first-order valence-corrected chi connectivity index (χ1v) is 8.15. The lowest BCUT2D eigenvalue weighted by molar-refractivity contribution is -0.384. The zero-order valence-corrected chi connectivity index (χ0v) is 14.0. The molecule has 0 spiro atoms. The molecule has 126 valence electrons. The van der Waals surface area contributed by atoms with Crippen LogP contribution in [0.25, 0.3) is 0 Å². The lowest BCUT2D eigenvalue weighted by Gasteiger charge is -2.02. The number of benzene rings is 2. The summed E-state index contributed by atoms with van der Waals surface area (Å²) in [6.07, 6.45) is 0. The monoisotopic (exact) mass is 354 g/mol. The average Bonchev–Trinajstić information content (AvgIpc) is 2.96. The Hall–Kier alpha value is -3.26. The summed E-state index contributed by atoms with van der Waals surface area (Å²) in [5.74, 6) is -0.190. The number of rotatable bonds is 5. The zero-order chi connectivity index (χ0) is 18.0. The van der Waals surface area contributed by atoms with Crippen LogP contribution in [0.5, 0.6) is 0 Å². The molecule has 0 aliphatic heterocycles. The second kappa shape index (κ2) is 6.70. The standard InChI is InChI=1S/C17H14N4O3S/c1-10-2-6-12(7-3-10)19-17-20-16(18)15(25-17)14(22)11-4-8-13(9-5-11)21(23)24/h2-9H,18H2,1H3,(H,19,20). The van der Waals surface area contributed by atoms with E-state index in [-0.39, 0.29) is 17.3 Å². The molecule has 0 aliphatic carbocycles. The summed E-state index contributed by atoms with van der Waals surface area (Å²) < 4.78 is 0. The second-order valence-electron chi connectivity index (χ2n) is 5.36. The molecule has 8 heteroatoms. The highest BCUT2D eigenvalue weighted by molar-refractivity contribution is 7.18. The molecule has 3 rings (SSSR count). The SMILES string of the molecule is Cc1ccc(Nc2nc(N)c(C(=O)c3ccc([N+](=O)[O-])cc3)s2)cc1. The summed E-state index contributed by atoms with van der Waals surface area (Å²) >= 11 is 1.14. The molecule has 0 amide bonds. The minimum absolute atomic E-state index is 0.0736. The minimum atomic E-state index is -0.515. The number of nitrogen functional groups attached to an aromatic ring is 1. The molecule has 3 aromatic rings. The first kappa shape index (κ1) is 16.6. The molecule has 0 aliphatic rings. The summed E-state index contributed by atoms with van der Waals surface area (Å²) in [7, 11) is 0.